The molecule has 0 amide bonds. The van der Waals surface area contributed by atoms with Gasteiger partial charge in [-0.3, -0.25) is 0 Å². The number of halogens is 1. The number of nitriles is 1. The summed E-state index contributed by atoms with van der Waals surface area (Å²) in [5.41, 5.74) is 4.63. The maximum atomic E-state index is 9.18. The summed E-state index contributed by atoms with van der Waals surface area (Å²) in [4.78, 5) is 0. The Morgan fingerprint density at radius 1 is 1.39 bits per heavy atom. The van der Waals surface area contributed by atoms with Crippen molar-refractivity contribution in [1.29, 1.82) is 5.26 Å². The van der Waals surface area contributed by atoms with Gasteiger partial charge in [0.25, 0.3) is 0 Å². The van der Waals surface area contributed by atoms with E-state index in [2.05, 4.69) is 18.1 Å². The minimum atomic E-state index is 0.538. The lowest BCUT2D eigenvalue weighted by Gasteiger charge is -2.07. The van der Waals surface area contributed by atoms with Crippen LogP contribution in [0.3, 0.4) is 0 Å². The zero-order valence-electron chi connectivity index (χ0n) is 10.7. The van der Waals surface area contributed by atoms with Gasteiger partial charge in [-0.2, -0.15) is 10.4 Å². The molecule has 0 saturated carbocycles. The van der Waals surface area contributed by atoms with Gasteiger partial charge < -0.3 is 0 Å². The lowest BCUT2D eigenvalue weighted by Crippen LogP contribution is -2.02. The Bertz CT molecular complexity index is 635. The van der Waals surface area contributed by atoms with Crippen LogP contribution < -0.4 is 0 Å². The molecule has 0 aliphatic carbocycles. The summed E-state index contributed by atoms with van der Waals surface area (Å²) in [6.07, 6.45) is 0.938. The minimum absolute atomic E-state index is 0.538. The van der Waals surface area contributed by atoms with Gasteiger partial charge in [-0.05, 0) is 44.0 Å². The molecule has 0 bridgehead atoms. The van der Waals surface area contributed by atoms with Gasteiger partial charge in [-0.15, -0.1) is 0 Å². The second kappa shape index (κ2) is 4.83. The van der Waals surface area contributed by atoms with Crippen LogP contribution in [0.4, 0.5) is 0 Å². The molecule has 0 radical (unpaired) electrons. The van der Waals surface area contributed by atoms with Crippen LogP contribution in [0.2, 0.25) is 5.02 Å². The Morgan fingerprint density at radius 2 is 2.11 bits per heavy atom. The third kappa shape index (κ3) is 2.00. The Hall–Kier alpha value is -1.79. The fraction of sp³-hybridized carbons (Fsp3) is 0.286. The molecule has 18 heavy (non-hydrogen) atoms. The van der Waals surface area contributed by atoms with Crippen LogP contribution in [0.25, 0.3) is 5.69 Å². The van der Waals surface area contributed by atoms with Gasteiger partial charge >= 0.3 is 0 Å². The number of benzene rings is 1. The molecule has 2 rings (SSSR count). The largest absolute Gasteiger partial charge is 0.236 e. The van der Waals surface area contributed by atoms with E-state index in [1.165, 1.54) is 5.56 Å². The zero-order valence-corrected chi connectivity index (χ0v) is 11.4. The van der Waals surface area contributed by atoms with E-state index in [4.69, 9.17) is 11.6 Å². The predicted molar refractivity (Wildman–Crippen MR) is 72.1 cm³/mol. The highest BCUT2D eigenvalue weighted by Gasteiger charge is 2.13. The van der Waals surface area contributed by atoms with Crippen molar-refractivity contribution in [3.63, 3.8) is 0 Å². The van der Waals surface area contributed by atoms with Crippen molar-refractivity contribution in [3.8, 4) is 11.8 Å². The molecule has 0 aliphatic rings. The summed E-state index contributed by atoms with van der Waals surface area (Å²) in [7, 11) is 0. The highest BCUT2D eigenvalue weighted by atomic mass is 35.5. The number of rotatable bonds is 2. The highest BCUT2D eigenvalue weighted by molar-refractivity contribution is 6.30. The van der Waals surface area contributed by atoms with Crippen LogP contribution in [-0.2, 0) is 6.42 Å². The van der Waals surface area contributed by atoms with Crippen LogP contribution in [-0.4, -0.2) is 9.78 Å². The van der Waals surface area contributed by atoms with Crippen LogP contribution in [0.1, 0.15) is 29.4 Å². The number of hydrogen-bond donors (Lipinski definition) is 0. The second-order valence-electron chi connectivity index (χ2n) is 4.19. The molecule has 3 nitrogen and oxygen atoms in total. The van der Waals surface area contributed by atoms with Crippen LogP contribution in [0, 0.1) is 25.2 Å². The van der Waals surface area contributed by atoms with Crippen molar-refractivity contribution < 1.29 is 0 Å². The van der Waals surface area contributed by atoms with E-state index in [0.717, 1.165) is 23.5 Å². The molecule has 0 atom stereocenters. The third-order valence-electron chi connectivity index (χ3n) is 3.10. The standard InChI is InChI=1S/C14H14ClN3/c1-4-13-9(2)17-18(10(13)3)14-6-5-12(15)7-11(14)8-16/h5-7H,4H2,1-3H3. The molecule has 92 valence electrons. The van der Waals surface area contributed by atoms with E-state index in [9.17, 15) is 5.26 Å². The minimum Gasteiger partial charge on any atom is -0.236 e. The predicted octanol–water partition coefficient (Wildman–Crippen LogP) is 3.58. The average molecular weight is 260 g/mol. The Balaban J connectivity index is 2.67. The first-order valence-electron chi connectivity index (χ1n) is 5.83. The van der Waals surface area contributed by atoms with E-state index in [1.54, 1.807) is 12.1 Å². The van der Waals surface area contributed by atoms with Crippen molar-refractivity contribution in [1.82, 2.24) is 9.78 Å². The molecule has 0 aliphatic heterocycles. The van der Waals surface area contributed by atoms with Crippen molar-refractivity contribution in [2.45, 2.75) is 27.2 Å². The smallest absolute Gasteiger partial charge is 0.101 e. The van der Waals surface area contributed by atoms with Crippen LogP contribution >= 0.6 is 11.6 Å². The molecule has 0 unspecified atom stereocenters. The van der Waals surface area contributed by atoms with Gasteiger partial charge in [-0.25, -0.2) is 4.68 Å². The van der Waals surface area contributed by atoms with E-state index in [0.29, 0.717) is 10.6 Å². The summed E-state index contributed by atoms with van der Waals surface area (Å²) >= 11 is 5.91. The van der Waals surface area contributed by atoms with Crippen molar-refractivity contribution >= 4 is 11.6 Å². The van der Waals surface area contributed by atoms with Gasteiger partial charge in [-0.1, -0.05) is 18.5 Å². The monoisotopic (exact) mass is 259 g/mol. The molecule has 0 saturated heterocycles. The molecule has 4 heteroatoms. The number of aromatic nitrogens is 2. The third-order valence-corrected chi connectivity index (χ3v) is 3.34. The Kier molecular flexibility index (Phi) is 3.40. The average Bonchev–Trinajstić information content (AvgIpc) is 2.64. The summed E-state index contributed by atoms with van der Waals surface area (Å²) in [5.74, 6) is 0. The van der Waals surface area contributed by atoms with E-state index in [-0.39, 0.29) is 0 Å². The van der Waals surface area contributed by atoms with Crippen molar-refractivity contribution in [3.05, 3.63) is 45.7 Å². The number of nitrogens with zero attached hydrogens (tertiary/aromatic N) is 3. The summed E-state index contributed by atoms with van der Waals surface area (Å²) in [6, 6.07) is 7.44. The van der Waals surface area contributed by atoms with E-state index in [1.807, 2.05) is 24.6 Å². The second-order valence-corrected chi connectivity index (χ2v) is 4.62. The SMILES string of the molecule is CCc1c(C)nn(-c2ccc(Cl)cc2C#N)c1C. The van der Waals surface area contributed by atoms with Crippen LogP contribution in [0.5, 0.6) is 0 Å². The van der Waals surface area contributed by atoms with Gasteiger partial charge in [0.2, 0.25) is 0 Å². The summed E-state index contributed by atoms with van der Waals surface area (Å²) in [5, 5.41) is 14.3. The normalized spacial score (nSPS) is 10.4. The maximum absolute atomic E-state index is 9.18. The zero-order chi connectivity index (χ0) is 13.3. The molecule has 2 aromatic rings. The topological polar surface area (TPSA) is 41.6 Å². The molecule has 1 aromatic carbocycles. The van der Waals surface area contributed by atoms with Gasteiger partial charge in [0.15, 0.2) is 0 Å². The van der Waals surface area contributed by atoms with E-state index >= 15 is 0 Å². The van der Waals surface area contributed by atoms with Crippen molar-refractivity contribution in [2.75, 3.05) is 0 Å². The fourth-order valence-electron chi connectivity index (χ4n) is 2.20. The molecule has 1 heterocycles. The Morgan fingerprint density at radius 3 is 2.67 bits per heavy atom. The maximum Gasteiger partial charge on any atom is 0.101 e. The van der Waals surface area contributed by atoms with Crippen LogP contribution in [0.15, 0.2) is 18.2 Å². The summed E-state index contributed by atoms with van der Waals surface area (Å²) < 4.78 is 1.82. The molecule has 0 fully saturated rings. The molecule has 0 N–H and O–H groups in total. The molecular weight excluding hydrogens is 246 g/mol. The fourth-order valence-corrected chi connectivity index (χ4v) is 2.38. The van der Waals surface area contributed by atoms with Crippen molar-refractivity contribution in [2.24, 2.45) is 0 Å². The van der Waals surface area contributed by atoms with Gasteiger partial charge in [0.05, 0.1) is 16.9 Å². The molecular formula is C14H14ClN3. The molecule has 0 spiro atoms. The highest BCUT2D eigenvalue weighted by Crippen LogP contribution is 2.23. The quantitative estimate of drug-likeness (QED) is 0.827. The van der Waals surface area contributed by atoms with E-state index < -0.39 is 0 Å². The first-order chi connectivity index (χ1) is 8.58. The lowest BCUT2D eigenvalue weighted by molar-refractivity contribution is 0.830. The van der Waals surface area contributed by atoms with Gasteiger partial charge in [0, 0.05) is 10.7 Å². The Labute approximate surface area is 112 Å². The van der Waals surface area contributed by atoms with Gasteiger partial charge in [0.1, 0.15) is 6.07 Å². The summed E-state index contributed by atoms with van der Waals surface area (Å²) in [6.45, 7) is 6.12. The number of aryl methyl sites for hydroxylation is 1. The first kappa shape index (κ1) is 12.7. The first-order valence-corrected chi connectivity index (χ1v) is 6.21. The lowest BCUT2D eigenvalue weighted by atomic mass is 10.1. The molecule has 1 aromatic heterocycles. The number of hydrogen-bond acceptors (Lipinski definition) is 2.